The van der Waals surface area contributed by atoms with Crippen LogP contribution in [0.3, 0.4) is 0 Å². The van der Waals surface area contributed by atoms with E-state index in [1.54, 1.807) is 18.0 Å². The number of rotatable bonds is 5. The lowest BCUT2D eigenvalue weighted by molar-refractivity contribution is 0.0950. The van der Waals surface area contributed by atoms with Gasteiger partial charge in [-0.15, -0.1) is 11.8 Å². The van der Waals surface area contributed by atoms with Gasteiger partial charge in [-0.3, -0.25) is 4.79 Å². The fraction of sp³-hybridized carbons (Fsp3) is 0.333. The molecule has 1 aliphatic carbocycles. The van der Waals surface area contributed by atoms with E-state index in [2.05, 4.69) is 42.3 Å². The number of aryl methyl sites for hydroxylation is 2. The van der Waals surface area contributed by atoms with Crippen LogP contribution in [0.5, 0.6) is 0 Å². The molecule has 3 rings (SSSR count). The molecule has 1 saturated carbocycles. The lowest BCUT2D eigenvalue weighted by atomic mass is 10.1. The maximum atomic E-state index is 11.9. The van der Waals surface area contributed by atoms with Crippen molar-refractivity contribution < 1.29 is 4.79 Å². The second-order valence-electron chi connectivity index (χ2n) is 5.85. The van der Waals surface area contributed by atoms with Gasteiger partial charge in [-0.05, 0) is 49.9 Å². The number of thioether (sulfide) groups is 1. The van der Waals surface area contributed by atoms with Crippen LogP contribution in [0.25, 0.3) is 0 Å². The summed E-state index contributed by atoms with van der Waals surface area (Å²) in [6.07, 6.45) is 3.87. The second kappa shape index (κ2) is 6.53. The molecule has 0 bridgehead atoms. The van der Waals surface area contributed by atoms with E-state index in [4.69, 9.17) is 0 Å². The average molecular weight is 312 g/mol. The van der Waals surface area contributed by atoms with E-state index in [1.807, 2.05) is 12.1 Å². The zero-order valence-corrected chi connectivity index (χ0v) is 13.7. The van der Waals surface area contributed by atoms with Gasteiger partial charge in [0.2, 0.25) is 0 Å². The molecule has 0 aliphatic heterocycles. The summed E-state index contributed by atoms with van der Waals surface area (Å²) in [6, 6.07) is 10.7. The number of aromatic nitrogens is 1. The number of amides is 1. The molecular formula is C18H20N2OS. The van der Waals surface area contributed by atoms with Crippen molar-refractivity contribution in [2.45, 2.75) is 43.5 Å². The van der Waals surface area contributed by atoms with E-state index >= 15 is 0 Å². The summed E-state index contributed by atoms with van der Waals surface area (Å²) in [7, 11) is 0. The largest absolute Gasteiger partial charge is 0.349 e. The second-order valence-corrected chi connectivity index (χ2v) is 6.85. The number of hydrogen-bond acceptors (Lipinski definition) is 3. The SMILES string of the molecule is Cc1ccc(C)c(CSc2ccc(C(=O)NC3CC3)cn2)c1. The Morgan fingerprint density at radius 2 is 2.09 bits per heavy atom. The predicted octanol–water partition coefficient (Wildman–Crippen LogP) is 3.88. The van der Waals surface area contributed by atoms with Gasteiger partial charge < -0.3 is 5.32 Å². The van der Waals surface area contributed by atoms with Crippen LogP contribution in [0.15, 0.2) is 41.6 Å². The van der Waals surface area contributed by atoms with Crippen molar-refractivity contribution >= 4 is 17.7 Å². The standard InChI is InChI=1S/C18H20N2OS/c1-12-3-4-13(2)15(9-12)11-22-17-8-5-14(10-19-17)18(21)20-16-6-7-16/h3-5,8-10,16H,6-7,11H2,1-2H3,(H,20,21). The van der Waals surface area contributed by atoms with Crippen molar-refractivity contribution in [3.05, 3.63) is 58.8 Å². The Labute approximate surface area is 135 Å². The fourth-order valence-electron chi connectivity index (χ4n) is 2.20. The van der Waals surface area contributed by atoms with Gasteiger partial charge in [-0.1, -0.05) is 23.8 Å². The van der Waals surface area contributed by atoms with E-state index in [-0.39, 0.29) is 5.91 Å². The number of hydrogen-bond donors (Lipinski definition) is 1. The molecule has 3 nitrogen and oxygen atoms in total. The smallest absolute Gasteiger partial charge is 0.253 e. The fourth-order valence-corrected chi connectivity index (χ4v) is 3.11. The summed E-state index contributed by atoms with van der Waals surface area (Å²) in [4.78, 5) is 16.3. The lowest BCUT2D eigenvalue weighted by Crippen LogP contribution is -2.25. The molecule has 1 aliphatic rings. The first kappa shape index (κ1) is 15.1. The molecule has 2 aromatic rings. The lowest BCUT2D eigenvalue weighted by Gasteiger charge is -2.07. The minimum Gasteiger partial charge on any atom is -0.349 e. The average Bonchev–Trinajstić information content (AvgIpc) is 3.32. The van der Waals surface area contributed by atoms with Gasteiger partial charge in [0.25, 0.3) is 5.91 Å². The first-order chi connectivity index (χ1) is 10.6. The van der Waals surface area contributed by atoms with Crippen LogP contribution < -0.4 is 5.32 Å². The third-order valence-corrected chi connectivity index (χ3v) is 4.78. The van der Waals surface area contributed by atoms with Gasteiger partial charge in [0.15, 0.2) is 0 Å². The molecular weight excluding hydrogens is 292 g/mol. The zero-order chi connectivity index (χ0) is 15.5. The summed E-state index contributed by atoms with van der Waals surface area (Å²) < 4.78 is 0. The summed E-state index contributed by atoms with van der Waals surface area (Å²) in [6.45, 7) is 4.24. The van der Waals surface area contributed by atoms with Gasteiger partial charge in [0.1, 0.15) is 0 Å². The van der Waals surface area contributed by atoms with Crippen molar-refractivity contribution in [2.24, 2.45) is 0 Å². The highest BCUT2D eigenvalue weighted by Gasteiger charge is 2.23. The number of pyridine rings is 1. The van der Waals surface area contributed by atoms with Crippen molar-refractivity contribution in [2.75, 3.05) is 0 Å². The summed E-state index contributed by atoms with van der Waals surface area (Å²) in [5.74, 6) is 0.884. The van der Waals surface area contributed by atoms with Gasteiger partial charge in [0, 0.05) is 18.0 Å². The maximum Gasteiger partial charge on any atom is 0.253 e. The van der Waals surface area contributed by atoms with Crippen molar-refractivity contribution in [1.29, 1.82) is 0 Å². The molecule has 114 valence electrons. The van der Waals surface area contributed by atoms with E-state index < -0.39 is 0 Å². The first-order valence-electron chi connectivity index (χ1n) is 7.57. The molecule has 1 fully saturated rings. The Morgan fingerprint density at radius 3 is 2.77 bits per heavy atom. The van der Waals surface area contributed by atoms with Gasteiger partial charge in [0.05, 0.1) is 10.6 Å². The van der Waals surface area contributed by atoms with Gasteiger partial charge in [-0.2, -0.15) is 0 Å². The number of carbonyl (C=O) groups excluding carboxylic acids is 1. The molecule has 0 atom stereocenters. The van der Waals surface area contributed by atoms with Crippen molar-refractivity contribution in [3.8, 4) is 0 Å². The Balaban J connectivity index is 1.60. The van der Waals surface area contributed by atoms with Crippen LogP contribution in [-0.4, -0.2) is 16.9 Å². The van der Waals surface area contributed by atoms with E-state index in [0.29, 0.717) is 11.6 Å². The first-order valence-corrected chi connectivity index (χ1v) is 8.56. The van der Waals surface area contributed by atoms with Crippen LogP contribution in [0.1, 0.15) is 39.9 Å². The van der Waals surface area contributed by atoms with Gasteiger partial charge >= 0.3 is 0 Å². The maximum absolute atomic E-state index is 11.9. The highest BCUT2D eigenvalue weighted by molar-refractivity contribution is 7.98. The molecule has 1 N–H and O–H groups in total. The molecule has 1 heterocycles. The van der Waals surface area contributed by atoms with Crippen LogP contribution >= 0.6 is 11.8 Å². The number of nitrogens with zero attached hydrogens (tertiary/aromatic N) is 1. The Kier molecular flexibility index (Phi) is 4.48. The van der Waals surface area contributed by atoms with Gasteiger partial charge in [-0.25, -0.2) is 4.98 Å². The Bertz CT molecular complexity index is 678. The predicted molar refractivity (Wildman–Crippen MR) is 90.2 cm³/mol. The third-order valence-electron chi connectivity index (χ3n) is 3.79. The highest BCUT2D eigenvalue weighted by atomic mass is 32.2. The van der Waals surface area contributed by atoms with E-state index in [1.165, 1.54) is 16.7 Å². The molecule has 1 aromatic carbocycles. The zero-order valence-electron chi connectivity index (χ0n) is 12.9. The van der Waals surface area contributed by atoms with Crippen molar-refractivity contribution in [3.63, 3.8) is 0 Å². The molecule has 0 spiro atoms. The molecule has 0 unspecified atom stereocenters. The van der Waals surface area contributed by atoms with Crippen LogP contribution in [0.4, 0.5) is 0 Å². The third kappa shape index (κ3) is 3.89. The van der Waals surface area contributed by atoms with Crippen molar-refractivity contribution in [1.82, 2.24) is 10.3 Å². The van der Waals surface area contributed by atoms with Crippen LogP contribution in [0.2, 0.25) is 0 Å². The minimum atomic E-state index is -0.0129. The minimum absolute atomic E-state index is 0.0129. The van der Waals surface area contributed by atoms with E-state index in [9.17, 15) is 4.79 Å². The Hall–Kier alpha value is -1.81. The molecule has 0 saturated heterocycles. The topological polar surface area (TPSA) is 42.0 Å². The number of benzene rings is 1. The number of nitrogens with one attached hydrogen (secondary N) is 1. The van der Waals surface area contributed by atoms with Crippen LogP contribution in [0, 0.1) is 13.8 Å². The summed E-state index contributed by atoms with van der Waals surface area (Å²) >= 11 is 1.70. The molecule has 4 heteroatoms. The molecule has 0 radical (unpaired) electrons. The highest BCUT2D eigenvalue weighted by Crippen LogP contribution is 2.24. The number of carbonyl (C=O) groups is 1. The van der Waals surface area contributed by atoms with Crippen LogP contribution in [-0.2, 0) is 5.75 Å². The normalized spacial score (nSPS) is 13.9. The van der Waals surface area contributed by atoms with E-state index in [0.717, 1.165) is 23.6 Å². The summed E-state index contributed by atoms with van der Waals surface area (Å²) in [5.41, 5.74) is 4.56. The summed E-state index contributed by atoms with van der Waals surface area (Å²) in [5, 5.41) is 3.92. The molecule has 22 heavy (non-hydrogen) atoms. The quantitative estimate of drug-likeness (QED) is 0.852. The monoisotopic (exact) mass is 312 g/mol. The molecule has 1 amide bonds. The molecule has 1 aromatic heterocycles. The Morgan fingerprint density at radius 1 is 1.27 bits per heavy atom.